The summed E-state index contributed by atoms with van der Waals surface area (Å²) in [5.74, 6) is -0.270. The lowest BCUT2D eigenvalue weighted by molar-refractivity contribution is -0.122. The Morgan fingerprint density at radius 2 is 2.21 bits per heavy atom. The summed E-state index contributed by atoms with van der Waals surface area (Å²) >= 11 is 0. The lowest BCUT2D eigenvalue weighted by Gasteiger charge is -2.23. The topological polar surface area (TPSA) is 96.5 Å². The number of amides is 1. The molecule has 1 aliphatic heterocycles. The van der Waals surface area contributed by atoms with Gasteiger partial charge >= 0.3 is 0 Å². The zero-order chi connectivity index (χ0) is 14.3. The average Bonchev–Trinajstić information content (AvgIpc) is 2.28. The molecule has 0 aromatic carbocycles. The molecule has 1 unspecified atom stereocenters. The van der Waals surface area contributed by atoms with Crippen LogP contribution in [0.5, 0.6) is 0 Å². The summed E-state index contributed by atoms with van der Waals surface area (Å²) in [6.45, 7) is 5.55. The molecule has 8 heteroatoms. The number of carbonyl (C=O) groups is 1. The number of morpholine rings is 1. The van der Waals surface area contributed by atoms with Crippen molar-refractivity contribution in [3.63, 3.8) is 0 Å². The fourth-order valence-electron chi connectivity index (χ4n) is 1.79. The van der Waals surface area contributed by atoms with Crippen LogP contribution < -0.4 is 15.4 Å². The minimum Gasteiger partial charge on any atom is -0.378 e. The zero-order valence-corrected chi connectivity index (χ0v) is 12.3. The van der Waals surface area contributed by atoms with Crippen LogP contribution in [0.2, 0.25) is 0 Å². The van der Waals surface area contributed by atoms with Crippen LogP contribution in [0.4, 0.5) is 0 Å². The first-order chi connectivity index (χ1) is 8.89. The van der Waals surface area contributed by atoms with E-state index in [2.05, 4.69) is 15.4 Å². The fraction of sp³-hybridized carbons (Fsp3) is 0.909. The van der Waals surface area contributed by atoms with Crippen LogP contribution >= 0.6 is 0 Å². The summed E-state index contributed by atoms with van der Waals surface area (Å²) in [5.41, 5.74) is 0. The summed E-state index contributed by atoms with van der Waals surface area (Å²) in [5, 5.41) is 5.77. The van der Waals surface area contributed by atoms with Crippen molar-refractivity contribution in [3.8, 4) is 0 Å². The van der Waals surface area contributed by atoms with Crippen molar-refractivity contribution in [1.82, 2.24) is 15.4 Å². The van der Waals surface area contributed by atoms with Crippen molar-refractivity contribution in [2.24, 2.45) is 0 Å². The molecular formula is C11H23N3O4S. The van der Waals surface area contributed by atoms with Gasteiger partial charge in [-0.2, -0.15) is 0 Å². The Labute approximate surface area is 114 Å². The first-order valence-electron chi connectivity index (χ1n) is 6.47. The lowest BCUT2D eigenvalue weighted by atomic mass is 10.2. The Bertz CT molecular complexity index is 377. The molecule has 1 atom stereocenters. The monoisotopic (exact) mass is 293 g/mol. The summed E-state index contributed by atoms with van der Waals surface area (Å²) < 4.78 is 30.7. The van der Waals surface area contributed by atoms with Crippen LogP contribution in [-0.4, -0.2) is 58.5 Å². The number of hydrogen-bond donors (Lipinski definition) is 3. The Morgan fingerprint density at radius 1 is 1.47 bits per heavy atom. The van der Waals surface area contributed by atoms with Gasteiger partial charge in [-0.15, -0.1) is 0 Å². The van der Waals surface area contributed by atoms with Gasteiger partial charge in [0.1, 0.15) is 0 Å². The van der Waals surface area contributed by atoms with E-state index in [-0.39, 0.29) is 30.3 Å². The van der Waals surface area contributed by atoms with E-state index in [1.54, 1.807) is 13.8 Å². The minimum absolute atomic E-state index is 0.0131. The molecule has 19 heavy (non-hydrogen) atoms. The van der Waals surface area contributed by atoms with Gasteiger partial charge in [-0.05, 0) is 13.8 Å². The van der Waals surface area contributed by atoms with Gasteiger partial charge in [0.15, 0.2) is 0 Å². The molecule has 1 fully saturated rings. The fourth-order valence-corrected chi connectivity index (χ4v) is 3.00. The predicted octanol–water partition coefficient (Wildman–Crippen LogP) is -1.19. The highest BCUT2D eigenvalue weighted by molar-refractivity contribution is 7.89. The predicted molar refractivity (Wildman–Crippen MR) is 72.3 cm³/mol. The zero-order valence-electron chi connectivity index (χ0n) is 11.4. The van der Waals surface area contributed by atoms with Gasteiger partial charge in [0.05, 0.1) is 19.0 Å². The van der Waals surface area contributed by atoms with Gasteiger partial charge in [0, 0.05) is 31.6 Å². The van der Waals surface area contributed by atoms with Crippen LogP contribution in [0, 0.1) is 0 Å². The molecule has 7 nitrogen and oxygen atoms in total. The van der Waals surface area contributed by atoms with Crippen molar-refractivity contribution < 1.29 is 17.9 Å². The van der Waals surface area contributed by atoms with Gasteiger partial charge in [-0.1, -0.05) is 0 Å². The summed E-state index contributed by atoms with van der Waals surface area (Å²) in [6, 6.07) is -0.122. The lowest BCUT2D eigenvalue weighted by Crippen LogP contribution is -2.45. The molecule has 1 heterocycles. The maximum absolute atomic E-state index is 11.6. The molecule has 0 radical (unpaired) electrons. The molecule has 0 aliphatic carbocycles. The molecule has 0 aromatic heterocycles. The largest absolute Gasteiger partial charge is 0.378 e. The van der Waals surface area contributed by atoms with E-state index in [1.165, 1.54) is 0 Å². The van der Waals surface area contributed by atoms with Crippen molar-refractivity contribution in [2.75, 3.05) is 32.1 Å². The van der Waals surface area contributed by atoms with Gasteiger partial charge in [-0.25, -0.2) is 13.1 Å². The number of hydrogen-bond acceptors (Lipinski definition) is 5. The first-order valence-corrected chi connectivity index (χ1v) is 8.12. The highest BCUT2D eigenvalue weighted by atomic mass is 32.2. The van der Waals surface area contributed by atoms with Crippen molar-refractivity contribution >= 4 is 15.9 Å². The van der Waals surface area contributed by atoms with E-state index >= 15 is 0 Å². The SMILES string of the molecule is CC(C)NS(=O)(=O)CCNC(=O)CC1COCCN1. The van der Waals surface area contributed by atoms with E-state index in [4.69, 9.17) is 4.74 Å². The third-order valence-electron chi connectivity index (χ3n) is 2.54. The van der Waals surface area contributed by atoms with Crippen molar-refractivity contribution in [2.45, 2.75) is 32.4 Å². The molecule has 112 valence electrons. The molecule has 0 bridgehead atoms. The molecule has 0 spiro atoms. The minimum atomic E-state index is -3.31. The Hall–Kier alpha value is -0.700. The van der Waals surface area contributed by atoms with Gasteiger partial charge in [-0.3, -0.25) is 4.79 Å². The highest BCUT2D eigenvalue weighted by Gasteiger charge is 2.17. The number of ether oxygens (including phenoxy) is 1. The van der Waals surface area contributed by atoms with E-state index in [1.807, 2.05) is 0 Å². The second-order valence-corrected chi connectivity index (χ2v) is 6.74. The van der Waals surface area contributed by atoms with E-state index < -0.39 is 10.0 Å². The third-order valence-corrected chi connectivity index (χ3v) is 4.11. The Balaban J connectivity index is 2.19. The van der Waals surface area contributed by atoms with Crippen LogP contribution in [0.25, 0.3) is 0 Å². The molecule has 1 aliphatic rings. The number of rotatable bonds is 7. The third kappa shape index (κ3) is 7.46. The first kappa shape index (κ1) is 16.4. The molecule has 0 saturated carbocycles. The standard InChI is InChI=1S/C11H23N3O4S/c1-9(2)14-19(16,17)6-4-13-11(15)7-10-8-18-5-3-12-10/h9-10,12,14H,3-8H2,1-2H3,(H,13,15). The Kier molecular flexibility index (Phi) is 6.70. The van der Waals surface area contributed by atoms with Crippen LogP contribution in [0.3, 0.4) is 0 Å². The maximum atomic E-state index is 11.6. The molecular weight excluding hydrogens is 270 g/mol. The second-order valence-electron chi connectivity index (χ2n) is 4.87. The number of sulfonamides is 1. The number of carbonyl (C=O) groups excluding carboxylic acids is 1. The van der Waals surface area contributed by atoms with Crippen LogP contribution in [0.15, 0.2) is 0 Å². The van der Waals surface area contributed by atoms with Crippen molar-refractivity contribution in [3.05, 3.63) is 0 Å². The quantitative estimate of drug-likeness (QED) is 0.548. The van der Waals surface area contributed by atoms with Gasteiger partial charge < -0.3 is 15.4 Å². The normalized spacial score (nSPS) is 20.5. The van der Waals surface area contributed by atoms with E-state index in [0.717, 1.165) is 6.54 Å². The van der Waals surface area contributed by atoms with Gasteiger partial charge in [0.25, 0.3) is 0 Å². The molecule has 1 amide bonds. The smallest absolute Gasteiger partial charge is 0.221 e. The number of nitrogens with one attached hydrogen (secondary N) is 3. The van der Waals surface area contributed by atoms with E-state index in [9.17, 15) is 13.2 Å². The average molecular weight is 293 g/mol. The van der Waals surface area contributed by atoms with Crippen LogP contribution in [-0.2, 0) is 19.6 Å². The highest BCUT2D eigenvalue weighted by Crippen LogP contribution is 1.98. The van der Waals surface area contributed by atoms with Crippen LogP contribution in [0.1, 0.15) is 20.3 Å². The molecule has 0 aromatic rings. The Morgan fingerprint density at radius 3 is 2.79 bits per heavy atom. The van der Waals surface area contributed by atoms with Gasteiger partial charge in [0.2, 0.25) is 15.9 Å². The van der Waals surface area contributed by atoms with Crippen molar-refractivity contribution in [1.29, 1.82) is 0 Å². The van der Waals surface area contributed by atoms with E-state index in [0.29, 0.717) is 19.6 Å². The summed E-state index contributed by atoms with van der Waals surface area (Å²) in [4.78, 5) is 11.6. The molecule has 1 rings (SSSR count). The second kappa shape index (κ2) is 7.78. The molecule has 3 N–H and O–H groups in total. The summed E-state index contributed by atoms with van der Waals surface area (Å²) in [6.07, 6.45) is 0.303. The maximum Gasteiger partial charge on any atom is 0.221 e. The summed E-state index contributed by atoms with van der Waals surface area (Å²) in [7, 11) is -3.31. The molecule has 1 saturated heterocycles.